The summed E-state index contributed by atoms with van der Waals surface area (Å²) in [4.78, 5) is 29.2. The lowest BCUT2D eigenvalue weighted by molar-refractivity contribution is -0.121. The van der Waals surface area contributed by atoms with Crippen LogP contribution < -0.4 is 10.9 Å². The molecule has 4 rings (SSSR count). The Kier molecular flexibility index (Phi) is 5.70. The van der Waals surface area contributed by atoms with Crippen LogP contribution in [0.1, 0.15) is 23.5 Å². The van der Waals surface area contributed by atoms with Gasteiger partial charge in [0.05, 0.1) is 6.20 Å². The van der Waals surface area contributed by atoms with Crippen LogP contribution in [0.4, 0.5) is 0 Å². The number of rotatable bonds is 7. The minimum absolute atomic E-state index is 0.0714. The van der Waals surface area contributed by atoms with Gasteiger partial charge in [0.15, 0.2) is 5.65 Å². The van der Waals surface area contributed by atoms with E-state index in [9.17, 15) is 9.59 Å². The molecule has 152 valence electrons. The van der Waals surface area contributed by atoms with E-state index in [1.807, 2.05) is 36.4 Å². The van der Waals surface area contributed by atoms with E-state index < -0.39 is 0 Å². The number of nitrogens with zero attached hydrogens (tertiary/aromatic N) is 4. The van der Waals surface area contributed by atoms with Crippen molar-refractivity contribution in [1.82, 2.24) is 24.6 Å². The van der Waals surface area contributed by atoms with E-state index in [1.165, 1.54) is 32.9 Å². The van der Waals surface area contributed by atoms with Crippen LogP contribution in [-0.2, 0) is 18.4 Å². The Bertz CT molecular complexity index is 1160. The van der Waals surface area contributed by atoms with Gasteiger partial charge in [-0.25, -0.2) is 4.98 Å². The Morgan fingerprint density at radius 1 is 1.03 bits per heavy atom. The lowest BCUT2D eigenvalue weighted by Gasteiger charge is -2.18. The molecule has 0 saturated heterocycles. The van der Waals surface area contributed by atoms with Gasteiger partial charge >= 0.3 is 0 Å². The predicted molar refractivity (Wildman–Crippen MR) is 115 cm³/mol. The van der Waals surface area contributed by atoms with Crippen molar-refractivity contribution in [1.29, 1.82) is 0 Å². The molecule has 0 aliphatic rings. The molecule has 0 saturated carbocycles. The van der Waals surface area contributed by atoms with Gasteiger partial charge in [0, 0.05) is 19.5 Å². The number of benzene rings is 2. The van der Waals surface area contributed by atoms with E-state index in [2.05, 4.69) is 39.7 Å². The van der Waals surface area contributed by atoms with Crippen LogP contribution in [0.5, 0.6) is 0 Å². The minimum atomic E-state index is -0.269. The molecule has 7 nitrogen and oxygen atoms in total. The maximum Gasteiger partial charge on any atom is 0.264 e. The molecule has 0 aliphatic carbocycles. The molecule has 2 aromatic carbocycles. The number of carbonyl (C=O) groups is 1. The van der Waals surface area contributed by atoms with Gasteiger partial charge in [-0.2, -0.15) is 5.10 Å². The lowest BCUT2D eigenvalue weighted by Crippen LogP contribution is -2.33. The van der Waals surface area contributed by atoms with Crippen molar-refractivity contribution in [3.8, 4) is 0 Å². The van der Waals surface area contributed by atoms with E-state index in [4.69, 9.17) is 0 Å². The summed E-state index contributed by atoms with van der Waals surface area (Å²) in [6.07, 6.45) is 3.63. The van der Waals surface area contributed by atoms with Crippen molar-refractivity contribution in [3.63, 3.8) is 0 Å². The van der Waals surface area contributed by atoms with Crippen molar-refractivity contribution < 1.29 is 4.79 Å². The van der Waals surface area contributed by atoms with Crippen LogP contribution in [0.25, 0.3) is 11.0 Å². The van der Waals surface area contributed by atoms with Crippen molar-refractivity contribution in [3.05, 3.63) is 94.7 Å². The van der Waals surface area contributed by atoms with E-state index in [0.717, 1.165) is 6.42 Å². The van der Waals surface area contributed by atoms with Crippen molar-refractivity contribution in [2.45, 2.75) is 18.9 Å². The molecule has 0 bridgehead atoms. The van der Waals surface area contributed by atoms with Gasteiger partial charge in [0.1, 0.15) is 18.3 Å². The lowest BCUT2D eigenvalue weighted by atomic mass is 9.88. The number of aryl methyl sites for hydroxylation is 1. The molecule has 1 amide bonds. The van der Waals surface area contributed by atoms with E-state index in [0.29, 0.717) is 17.6 Å². The number of hydrogen-bond acceptors (Lipinski definition) is 4. The highest BCUT2D eigenvalue weighted by Crippen LogP contribution is 2.27. The number of hydrogen-bond donors (Lipinski definition) is 1. The Morgan fingerprint density at radius 2 is 1.67 bits per heavy atom. The summed E-state index contributed by atoms with van der Waals surface area (Å²) in [5, 5.41) is 7.38. The third-order valence-corrected chi connectivity index (χ3v) is 5.19. The summed E-state index contributed by atoms with van der Waals surface area (Å²) in [5.74, 6) is -0.0363. The van der Waals surface area contributed by atoms with Gasteiger partial charge in [-0.05, 0) is 17.5 Å². The Labute approximate surface area is 174 Å². The Morgan fingerprint density at radius 3 is 2.30 bits per heavy atom. The first-order valence-electron chi connectivity index (χ1n) is 9.87. The molecule has 2 aromatic heterocycles. The molecule has 30 heavy (non-hydrogen) atoms. The number of aromatic nitrogens is 4. The Balaban J connectivity index is 1.42. The molecule has 4 aromatic rings. The van der Waals surface area contributed by atoms with Gasteiger partial charge in [-0.3, -0.25) is 18.8 Å². The molecule has 0 radical (unpaired) electrons. The van der Waals surface area contributed by atoms with Crippen LogP contribution in [0.2, 0.25) is 0 Å². The molecular weight excluding hydrogens is 378 g/mol. The van der Waals surface area contributed by atoms with Crippen molar-refractivity contribution in [2.24, 2.45) is 7.05 Å². The highest BCUT2D eigenvalue weighted by Gasteiger charge is 2.15. The van der Waals surface area contributed by atoms with Gasteiger partial charge in [0.25, 0.3) is 5.56 Å². The zero-order valence-corrected chi connectivity index (χ0v) is 16.7. The van der Waals surface area contributed by atoms with E-state index in [-0.39, 0.29) is 23.9 Å². The molecule has 7 heteroatoms. The molecule has 0 spiro atoms. The zero-order chi connectivity index (χ0) is 20.9. The highest BCUT2D eigenvalue weighted by molar-refractivity contribution is 5.77. The van der Waals surface area contributed by atoms with Crippen LogP contribution in [0, 0.1) is 0 Å². The van der Waals surface area contributed by atoms with Crippen LogP contribution >= 0.6 is 0 Å². The molecular formula is C23H23N5O2. The average Bonchev–Trinajstić information content (AvgIpc) is 3.16. The number of nitrogens with one attached hydrogen (secondary N) is 1. The monoisotopic (exact) mass is 401 g/mol. The van der Waals surface area contributed by atoms with Gasteiger partial charge in [0.2, 0.25) is 5.91 Å². The summed E-state index contributed by atoms with van der Waals surface area (Å²) in [7, 11) is 1.72. The zero-order valence-electron chi connectivity index (χ0n) is 16.7. The Hall–Kier alpha value is -3.74. The second kappa shape index (κ2) is 8.73. The van der Waals surface area contributed by atoms with Crippen molar-refractivity contribution in [2.75, 3.05) is 6.54 Å². The normalized spacial score (nSPS) is 11.1. The maximum atomic E-state index is 12.5. The predicted octanol–water partition coefficient (Wildman–Crippen LogP) is 2.47. The fraction of sp³-hybridized carbons (Fsp3) is 0.217. The first-order valence-corrected chi connectivity index (χ1v) is 9.87. The number of amides is 1. The van der Waals surface area contributed by atoms with Gasteiger partial charge in [-0.15, -0.1) is 0 Å². The average molecular weight is 401 g/mol. The maximum absolute atomic E-state index is 12.5. The SMILES string of the molecule is Cn1ncc2c(=O)n(CC(=O)NCCC(c3ccccc3)c3ccccc3)cnc21. The van der Waals surface area contributed by atoms with Crippen LogP contribution in [0.15, 0.2) is 78.0 Å². The molecule has 0 atom stereocenters. The molecule has 2 heterocycles. The summed E-state index contributed by atoms with van der Waals surface area (Å²) in [6.45, 7) is 0.433. The van der Waals surface area contributed by atoms with Gasteiger partial charge < -0.3 is 5.32 Å². The summed E-state index contributed by atoms with van der Waals surface area (Å²) in [6, 6.07) is 20.5. The van der Waals surface area contributed by atoms with E-state index >= 15 is 0 Å². The summed E-state index contributed by atoms with van der Waals surface area (Å²) >= 11 is 0. The van der Waals surface area contributed by atoms with Crippen LogP contribution in [-0.4, -0.2) is 31.8 Å². The van der Waals surface area contributed by atoms with Crippen molar-refractivity contribution >= 4 is 16.9 Å². The van der Waals surface area contributed by atoms with E-state index in [1.54, 1.807) is 7.05 Å². The number of carbonyl (C=O) groups excluding carboxylic acids is 1. The van der Waals surface area contributed by atoms with Gasteiger partial charge in [-0.1, -0.05) is 60.7 Å². The second-order valence-electron chi connectivity index (χ2n) is 7.20. The first-order chi connectivity index (χ1) is 14.6. The standard InChI is InChI=1S/C23H23N5O2/c1-27-22-20(14-26-27)23(30)28(16-25-22)15-21(29)24-13-12-19(17-8-4-2-5-9-17)18-10-6-3-7-11-18/h2-11,14,16,19H,12-13,15H2,1H3,(H,24,29). The van der Waals surface area contributed by atoms with Crippen LogP contribution in [0.3, 0.4) is 0 Å². The second-order valence-corrected chi connectivity index (χ2v) is 7.20. The smallest absolute Gasteiger partial charge is 0.264 e. The number of fused-ring (bicyclic) bond motifs is 1. The summed E-state index contributed by atoms with van der Waals surface area (Å²) < 4.78 is 2.85. The molecule has 1 N–H and O–H groups in total. The molecule has 0 fully saturated rings. The largest absolute Gasteiger partial charge is 0.355 e. The molecule has 0 aliphatic heterocycles. The summed E-state index contributed by atoms with van der Waals surface area (Å²) in [5.41, 5.74) is 2.65. The quantitative estimate of drug-likeness (QED) is 0.516. The third kappa shape index (κ3) is 4.15. The third-order valence-electron chi connectivity index (χ3n) is 5.19. The topological polar surface area (TPSA) is 81.8 Å². The fourth-order valence-corrected chi connectivity index (χ4v) is 3.64. The fourth-order valence-electron chi connectivity index (χ4n) is 3.64. The minimum Gasteiger partial charge on any atom is -0.355 e. The molecule has 0 unspecified atom stereocenters. The highest BCUT2D eigenvalue weighted by atomic mass is 16.2. The first kappa shape index (κ1) is 19.6.